The van der Waals surface area contributed by atoms with Crippen LogP contribution in [0.2, 0.25) is 0 Å². The molecule has 0 aliphatic carbocycles. The quantitative estimate of drug-likeness (QED) is 0.442. The van der Waals surface area contributed by atoms with Crippen molar-refractivity contribution < 1.29 is 9.47 Å². The molecular weight excluding hydrogens is 130 g/mol. The number of methoxy groups -OCH3 is 1. The van der Waals surface area contributed by atoms with Crippen molar-refractivity contribution >= 4 is 5.90 Å². The first-order valence-electron chi connectivity index (χ1n) is 3.58. The second kappa shape index (κ2) is 3.56. The monoisotopic (exact) mass is 143 g/mol. The molecule has 0 aromatic heterocycles. The van der Waals surface area contributed by atoms with Gasteiger partial charge in [0.05, 0.1) is 7.11 Å². The van der Waals surface area contributed by atoms with Crippen LogP contribution >= 0.6 is 0 Å². The van der Waals surface area contributed by atoms with E-state index in [2.05, 4.69) is 0 Å². The van der Waals surface area contributed by atoms with Gasteiger partial charge in [0, 0.05) is 6.61 Å². The van der Waals surface area contributed by atoms with Crippen LogP contribution in [0.15, 0.2) is 0 Å². The fourth-order valence-electron chi connectivity index (χ4n) is 1.08. The van der Waals surface area contributed by atoms with Gasteiger partial charge in [0.15, 0.2) is 0 Å². The summed E-state index contributed by atoms with van der Waals surface area (Å²) in [6.45, 7) is 0.774. The van der Waals surface area contributed by atoms with Crippen LogP contribution < -0.4 is 0 Å². The van der Waals surface area contributed by atoms with Crippen LogP contribution in [0.1, 0.15) is 19.3 Å². The van der Waals surface area contributed by atoms with Gasteiger partial charge in [0.25, 0.3) is 0 Å². The van der Waals surface area contributed by atoms with Gasteiger partial charge in [-0.2, -0.15) is 0 Å². The Balaban J connectivity index is 2.31. The van der Waals surface area contributed by atoms with Gasteiger partial charge in [-0.1, -0.05) is 0 Å². The number of nitrogens with one attached hydrogen (secondary N) is 1. The molecule has 0 spiro atoms. The molecule has 1 fully saturated rings. The summed E-state index contributed by atoms with van der Waals surface area (Å²) in [6, 6.07) is 0. The number of hydrogen-bond acceptors (Lipinski definition) is 3. The first-order chi connectivity index (χ1) is 4.84. The normalized spacial score (nSPS) is 25.9. The lowest BCUT2D eigenvalue weighted by Crippen LogP contribution is -2.28. The minimum absolute atomic E-state index is 0.0706. The predicted molar refractivity (Wildman–Crippen MR) is 38.3 cm³/mol. The average Bonchev–Trinajstić information content (AvgIpc) is 2.05. The molecule has 1 heterocycles. The molecular formula is C7H13NO2. The van der Waals surface area contributed by atoms with Crippen LogP contribution in [0, 0.1) is 5.41 Å². The van der Waals surface area contributed by atoms with E-state index in [1.807, 2.05) is 0 Å². The Kier molecular flexibility index (Phi) is 2.68. The Morgan fingerprint density at radius 3 is 2.90 bits per heavy atom. The summed E-state index contributed by atoms with van der Waals surface area (Å²) in [5.41, 5.74) is 0. The van der Waals surface area contributed by atoms with E-state index in [0.717, 1.165) is 25.9 Å². The summed E-state index contributed by atoms with van der Waals surface area (Å²) in [5.74, 6) is 0.264. The summed E-state index contributed by atoms with van der Waals surface area (Å²) < 4.78 is 10.0. The highest BCUT2D eigenvalue weighted by molar-refractivity contribution is 5.77. The van der Waals surface area contributed by atoms with Gasteiger partial charge in [-0.25, -0.2) is 0 Å². The molecule has 0 aromatic carbocycles. The zero-order chi connectivity index (χ0) is 7.40. The van der Waals surface area contributed by atoms with Crippen LogP contribution in [0.5, 0.6) is 0 Å². The van der Waals surface area contributed by atoms with Crippen molar-refractivity contribution in [1.82, 2.24) is 0 Å². The summed E-state index contributed by atoms with van der Waals surface area (Å²) in [7, 11) is 1.51. The van der Waals surface area contributed by atoms with Crippen LogP contribution in [-0.2, 0) is 9.47 Å². The van der Waals surface area contributed by atoms with Crippen LogP contribution in [-0.4, -0.2) is 25.7 Å². The zero-order valence-electron chi connectivity index (χ0n) is 6.22. The number of hydrogen-bond donors (Lipinski definition) is 1. The summed E-state index contributed by atoms with van der Waals surface area (Å²) in [4.78, 5) is 0. The van der Waals surface area contributed by atoms with Gasteiger partial charge in [0.1, 0.15) is 6.10 Å². The predicted octanol–water partition coefficient (Wildman–Crippen LogP) is 1.18. The van der Waals surface area contributed by atoms with E-state index in [1.165, 1.54) is 7.11 Å². The number of ether oxygens (including phenoxy) is 2. The molecule has 3 heteroatoms. The molecule has 1 rings (SSSR count). The van der Waals surface area contributed by atoms with Crippen molar-refractivity contribution in [1.29, 1.82) is 5.41 Å². The highest BCUT2D eigenvalue weighted by Gasteiger charge is 2.18. The van der Waals surface area contributed by atoms with E-state index in [9.17, 15) is 0 Å². The smallest absolute Gasteiger partial charge is 0.210 e. The van der Waals surface area contributed by atoms with Crippen LogP contribution in [0.3, 0.4) is 0 Å². The minimum Gasteiger partial charge on any atom is -0.483 e. The Labute approximate surface area is 60.8 Å². The molecule has 1 atom stereocenters. The maximum atomic E-state index is 7.28. The standard InChI is InChI=1S/C7H13NO2/c1-9-7(8)6-4-2-3-5-10-6/h6,8H,2-5H2,1H3. The van der Waals surface area contributed by atoms with E-state index in [4.69, 9.17) is 14.9 Å². The Morgan fingerprint density at radius 1 is 1.60 bits per heavy atom. The number of rotatable bonds is 1. The first-order valence-corrected chi connectivity index (χ1v) is 3.58. The molecule has 58 valence electrons. The topological polar surface area (TPSA) is 42.3 Å². The molecule has 1 aliphatic heterocycles. The molecule has 0 amide bonds. The molecule has 0 bridgehead atoms. The highest BCUT2D eigenvalue weighted by atomic mass is 16.5. The van der Waals surface area contributed by atoms with E-state index >= 15 is 0 Å². The van der Waals surface area contributed by atoms with Crippen molar-refractivity contribution in [3.8, 4) is 0 Å². The van der Waals surface area contributed by atoms with Crippen LogP contribution in [0.25, 0.3) is 0 Å². The fraction of sp³-hybridized carbons (Fsp3) is 0.857. The lowest BCUT2D eigenvalue weighted by atomic mass is 10.1. The summed E-state index contributed by atoms with van der Waals surface area (Å²) >= 11 is 0. The lowest BCUT2D eigenvalue weighted by Gasteiger charge is -2.21. The van der Waals surface area contributed by atoms with Crippen molar-refractivity contribution in [2.24, 2.45) is 0 Å². The van der Waals surface area contributed by atoms with Gasteiger partial charge < -0.3 is 9.47 Å². The van der Waals surface area contributed by atoms with Gasteiger partial charge in [-0.3, -0.25) is 5.41 Å². The van der Waals surface area contributed by atoms with Gasteiger partial charge in [-0.05, 0) is 19.3 Å². The molecule has 1 unspecified atom stereocenters. The molecule has 10 heavy (non-hydrogen) atoms. The molecule has 1 aliphatic rings. The van der Waals surface area contributed by atoms with E-state index in [-0.39, 0.29) is 12.0 Å². The second-order valence-electron chi connectivity index (χ2n) is 2.42. The first kappa shape index (κ1) is 7.54. The maximum absolute atomic E-state index is 7.28. The van der Waals surface area contributed by atoms with Gasteiger partial charge >= 0.3 is 0 Å². The molecule has 1 N–H and O–H groups in total. The van der Waals surface area contributed by atoms with E-state index in [1.54, 1.807) is 0 Å². The highest BCUT2D eigenvalue weighted by Crippen LogP contribution is 2.13. The zero-order valence-corrected chi connectivity index (χ0v) is 6.22. The van der Waals surface area contributed by atoms with Crippen molar-refractivity contribution in [2.45, 2.75) is 25.4 Å². The SMILES string of the molecule is COC(=N)C1CCCCO1. The average molecular weight is 143 g/mol. The Morgan fingerprint density at radius 2 is 2.40 bits per heavy atom. The molecule has 1 saturated heterocycles. The third-order valence-corrected chi connectivity index (χ3v) is 1.69. The van der Waals surface area contributed by atoms with Gasteiger partial charge in [-0.15, -0.1) is 0 Å². The second-order valence-corrected chi connectivity index (χ2v) is 2.42. The lowest BCUT2D eigenvalue weighted by molar-refractivity contribution is 0.0445. The maximum Gasteiger partial charge on any atom is 0.210 e. The molecule has 0 aromatic rings. The molecule has 0 radical (unpaired) electrons. The largest absolute Gasteiger partial charge is 0.483 e. The van der Waals surface area contributed by atoms with Crippen molar-refractivity contribution in [2.75, 3.05) is 13.7 Å². The van der Waals surface area contributed by atoms with Gasteiger partial charge in [0.2, 0.25) is 5.90 Å². The van der Waals surface area contributed by atoms with Crippen LogP contribution in [0.4, 0.5) is 0 Å². The molecule has 3 nitrogen and oxygen atoms in total. The third-order valence-electron chi connectivity index (χ3n) is 1.69. The third kappa shape index (κ3) is 1.70. The summed E-state index contributed by atoms with van der Waals surface area (Å²) in [5, 5.41) is 7.28. The molecule has 0 saturated carbocycles. The van der Waals surface area contributed by atoms with E-state index < -0.39 is 0 Å². The van der Waals surface area contributed by atoms with E-state index in [0.29, 0.717) is 0 Å². The van der Waals surface area contributed by atoms with Crippen molar-refractivity contribution in [3.63, 3.8) is 0 Å². The minimum atomic E-state index is -0.0706. The Bertz CT molecular complexity index is 119. The Hall–Kier alpha value is -0.570. The summed E-state index contributed by atoms with van der Waals surface area (Å²) in [6.07, 6.45) is 3.13. The fourth-order valence-corrected chi connectivity index (χ4v) is 1.08. The van der Waals surface area contributed by atoms with Crippen molar-refractivity contribution in [3.05, 3.63) is 0 Å².